The molecular formula is C26H25N5O6. The van der Waals surface area contributed by atoms with Gasteiger partial charge in [0.05, 0.1) is 6.33 Å². The van der Waals surface area contributed by atoms with Gasteiger partial charge in [0.1, 0.15) is 31.5 Å². The molecule has 4 aromatic rings. The molecule has 2 saturated heterocycles. The average Bonchev–Trinajstić information content (AvgIpc) is 3.61. The second kappa shape index (κ2) is 9.77. The SMILES string of the molecule is CC(=O)OC[C@H]1O[C@@H](n2cnc3c(OCc4ccccc4)nc(N)nc32)[C@@H]2OC(c3ccccc3)O[C@@H]21. The van der Waals surface area contributed by atoms with Gasteiger partial charge >= 0.3 is 5.97 Å². The Balaban J connectivity index is 1.31. The third-order valence-electron chi connectivity index (χ3n) is 6.27. The topological polar surface area (TPSA) is 133 Å². The van der Waals surface area contributed by atoms with E-state index in [4.69, 9.17) is 29.4 Å². The number of ether oxygens (including phenoxy) is 5. The maximum atomic E-state index is 11.5. The average molecular weight is 504 g/mol. The van der Waals surface area contributed by atoms with Crippen molar-refractivity contribution in [1.29, 1.82) is 0 Å². The van der Waals surface area contributed by atoms with Crippen molar-refractivity contribution < 1.29 is 28.5 Å². The van der Waals surface area contributed by atoms with Crippen molar-refractivity contribution in [2.75, 3.05) is 12.3 Å². The first-order chi connectivity index (χ1) is 18.1. The van der Waals surface area contributed by atoms with E-state index in [9.17, 15) is 4.79 Å². The molecule has 4 heterocycles. The zero-order valence-corrected chi connectivity index (χ0v) is 20.0. The predicted octanol–water partition coefficient (Wildman–Crippen LogP) is 2.93. The number of hydrogen-bond acceptors (Lipinski definition) is 10. The molecule has 0 aliphatic carbocycles. The number of esters is 1. The molecule has 2 fully saturated rings. The quantitative estimate of drug-likeness (QED) is 0.375. The van der Waals surface area contributed by atoms with Gasteiger partial charge < -0.3 is 29.4 Å². The van der Waals surface area contributed by atoms with Gasteiger partial charge in [-0.25, -0.2) is 4.98 Å². The van der Waals surface area contributed by atoms with Gasteiger partial charge in [-0.15, -0.1) is 0 Å². The second-order valence-corrected chi connectivity index (χ2v) is 8.80. The number of benzene rings is 2. The number of nitrogen functional groups attached to an aromatic ring is 1. The van der Waals surface area contributed by atoms with E-state index in [0.717, 1.165) is 11.1 Å². The molecule has 1 unspecified atom stereocenters. The van der Waals surface area contributed by atoms with Crippen LogP contribution in [0.15, 0.2) is 67.0 Å². The number of imidazole rings is 1. The summed E-state index contributed by atoms with van der Waals surface area (Å²) in [5, 5.41) is 0. The van der Waals surface area contributed by atoms with Crippen LogP contribution < -0.4 is 10.5 Å². The molecule has 6 rings (SSSR count). The highest BCUT2D eigenvalue weighted by Crippen LogP contribution is 2.45. The number of fused-ring (bicyclic) bond motifs is 2. The van der Waals surface area contributed by atoms with E-state index in [1.807, 2.05) is 60.7 Å². The second-order valence-electron chi connectivity index (χ2n) is 8.80. The predicted molar refractivity (Wildman–Crippen MR) is 130 cm³/mol. The van der Waals surface area contributed by atoms with Crippen LogP contribution in [-0.2, 0) is 30.3 Å². The highest BCUT2D eigenvalue weighted by molar-refractivity contribution is 5.77. The van der Waals surface area contributed by atoms with Crippen molar-refractivity contribution in [2.45, 2.75) is 44.4 Å². The van der Waals surface area contributed by atoms with Gasteiger partial charge in [-0.1, -0.05) is 60.7 Å². The Morgan fingerprint density at radius 1 is 1.00 bits per heavy atom. The Bertz CT molecular complexity index is 1400. The summed E-state index contributed by atoms with van der Waals surface area (Å²) in [6.07, 6.45) is -1.24. The maximum absolute atomic E-state index is 11.5. The monoisotopic (exact) mass is 503 g/mol. The molecule has 2 aliphatic heterocycles. The van der Waals surface area contributed by atoms with Crippen LogP contribution in [0.5, 0.6) is 5.88 Å². The summed E-state index contributed by atoms with van der Waals surface area (Å²) in [5.74, 6) is -0.105. The van der Waals surface area contributed by atoms with Crippen LogP contribution in [0.4, 0.5) is 5.95 Å². The lowest BCUT2D eigenvalue weighted by Crippen LogP contribution is -2.32. The molecule has 2 aromatic carbocycles. The lowest BCUT2D eigenvalue weighted by molar-refractivity contribution is -0.165. The Labute approximate surface area is 212 Å². The van der Waals surface area contributed by atoms with E-state index in [-0.39, 0.29) is 18.4 Å². The van der Waals surface area contributed by atoms with E-state index in [1.165, 1.54) is 6.92 Å². The molecular weight excluding hydrogens is 478 g/mol. The Morgan fingerprint density at radius 3 is 2.49 bits per heavy atom. The number of carbonyl (C=O) groups is 1. The van der Waals surface area contributed by atoms with Crippen molar-refractivity contribution in [1.82, 2.24) is 19.5 Å². The Hall–Kier alpha value is -4.06. The highest BCUT2D eigenvalue weighted by atomic mass is 16.8. The molecule has 5 atom stereocenters. The van der Waals surface area contributed by atoms with Gasteiger partial charge in [-0.2, -0.15) is 9.97 Å². The number of rotatable bonds is 7. The summed E-state index contributed by atoms with van der Waals surface area (Å²) in [7, 11) is 0. The van der Waals surface area contributed by atoms with Crippen LogP contribution in [0.1, 0.15) is 30.6 Å². The van der Waals surface area contributed by atoms with Crippen LogP contribution in [0.2, 0.25) is 0 Å². The van der Waals surface area contributed by atoms with E-state index < -0.39 is 36.8 Å². The Kier molecular flexibility index (Phi) is 6.16. The van der Waals surface area contributed by atoms with Crippen LogP contribution in [-0.4, -0.2) is 50.4 Å². The first kappa shape index (κ1) is 23.3. The minimum absolute atomic E-state index is 0.0209. The van der Waals surface area contributed by atoms with E-state index >= 15 is 0 Å². The molecule has 2 aromatic heterocycles. The van der Waals surface area contributed by atoms with Crippen molar-refractivity contribution in [3.05, 3.63) is 78.1 Å². The summed E-state index contributed by atoms with van der Waals surface area (Å²) in [5.41, 5.74) is 8.76. The summed E-state index contributed by atoms with van der Waals surface area (Å²) in [6.45, 7) is 1.67. The molecule has 11 nitrogen and oxygen atoms in total. The van der Waals surface area contributed by atoms with Crippen molar-refractivity contribution in [3.63, 3.8) is 0 Å². The minimum Gasteiger partial charge on any atom is -0.471 e. The fourth-order valence-corrected chi connectivity index (χ4v) is 4.58. The third-order valence-corrected chi connectivity index (χ3v) is 6.27. The summed E-state index contributed by atoms with van der Waals surface area (Å²) < 4.78 is 31.8. The van der Waals surface area contributed by atoms with Crippen molar-refractivity contribution in [3.8, 4) is 5.88 Å². The molecule has 190 valence electrons. The van der Waals surface area contributed by atoms with Gasteiger partial charge in [0.25, 0.3) is 0 Å². The van der Waals surface area contributed by atoms with Crippen LogP contribution in [0, 0.1) is 0 Å². The molecule has 37 heavy (non-hydrogen) atoms. The smallest absolute Gasteiger partial charge is 0.302 e. The standard InChI is InChI=1S/C26H25N5O6/c1-15(32)33-13-18-20-21(37-25(36-20)17-10-6-3-7-11-17)24(35-18)31-14-28-19-22(31)29-26(27)30-23(19)34-12-16-8-4-2-5-9-16/h2-11,14,18,20-21,24-25H,12-13H2,1H3,(H2,27,29,30)/t18-,20-,21-,24-,25?/m1/s1. The third kappa shape index (κ3) is 4.59. The van der Waals surface area contributed by atoms with Crippen LogP contribution in [0.25, 0.3) is 11.2 Å². The summed E-state index contributed by atoms with van der Waals surface area (Å²) >= 11 is 0. The first-order valence-corrected chi connectivity index (χ1v) is 11.9. The van der Waals surface area contributed by atoms with Crippen molar-refractivity contribution in [2.24, 2.45) is 0 Å². The number of hydrogen-bond donors (Lipinski definition) is 1. The zero-order chi connectivity index (χ0) is 25.4. The molecule has 2 N–H and O–H groups in total. The minimum atomic E-state index is -0.666. The maximum Gasteiger partial charge on any atom is 0.302 e. The normalized spacial score (nSPS) is 24.7. The van der Waals surface area contributed by atoms with Gasteiger partial charge in [0.2, 0.25) is 11.8 Å². The largest absolute Gasteiger partial charge is 0.471 e. The van der Waals surface area contributed by atoms with Crippen LogP contribution in [0.3, 0.4) is 0 Å². The summed E-state index contributed by atoms with van der Waals surface area (Å²) in [6, 6.07) is 19.3. The molecule has 11 heteroatoms. The van der Waals surface area contributed by atoms with Crippen LogP contribution >= 0.6 is 0 Å². The lowest BCUT2D eigenvalue weighted by Gasteiger charge is -2.21. The zero-order valence-electron chi connectivity index (χ0n) is 20.0. The number of anilines is 1. The lowest BCUT2D eigenvalue weighted by atomic mass is 10.1. The molecule has 0 bridgehead atoms. The molecule has 0 radical (unpaired) electrons. The number of carbonyl (C=O) groups excluding carboxylic acids is 1. The fourth-order valence-electron chi connectivity index (χ4n) is 4.58. The van der Waals surface area contributed by atoms with Gasteiger partial charge in [0.15, 0.2) is 23.7 Å². The van der Waals surface area contributed by atoms with Crippen molar-refractivity contribution >= 4 is 23.1 Å². The molecule has 0 spiro atoms. The number of nitrogens with zero attached hydrogens (tertiary/aromatic N) is 4. The number of nitrogens with two attached hydrogens (primary N) is 1. The molecule has 2 aliphatic rings. The first-order valence-electron chi connectivity index (χ1n) is 11.9. The highest BCUT2D eigenvalue weighted by Gasteiger charge is 2.54. The Morgan fingerprint density at radius 2 is 1.73 bits per heavy atom. The number of aromatic nitrogens is 4. The van der Waals surface area contributed by atoms with Gasteiger partial charge in [-0.05, 0) is 5.56 Å². The fraction of sp³-hybridized carbons (Fsp3) is 0.308. The molecule has 0 amide bonds. The van der Waals surface area contributed by atoms with Gasteiger partial charge in [-0.3, -0.25) is 9.36 Å². The summed E-state index contributed by atoms with van der Waals surface area (Å²) in [4.78, 5) is 24.7. The van der Waals surface area contributed by atoms with E-state index in [2.05, 4.69) is 15.0 Å². The van der Waals surface area contributed by atoms with Gasteiger partial charge in [0, 0.05) is 12.5 Å². The van der Waals surface area contributed by atoms with E-state index in [0.29, 0.717) is 17.8 Å². The van der Waals surface area contributed by atoms with E-state index in [1.54, 1.807) is 10.9 Å². The molecule has 0 saturated carbocycles.